The number of rotatable bonds is 7. The Morgan fingerprint density at radius 1 is 1.17 bits per heavy atom. The van der Waals surface area contributed by atoms with Gasteiger partial charge in [-0.15, -0.1) is 0 Å². The third kappa shape index (κ3) is 3.37. The summed E-state index contributed by atoms with van der Waals surface area (Å²) in [6.45, 7) is 5.81. The minimum atomic E-state index is 0.863. The average molecular weight is 248 g/mol. The van der Waals surface area contributed by atoms with E-state index in [9.17, 15) is 0 Å². The van der Waals surface area contributed by atoms with Gasteiger partial charge in [0.1, 0.15) is 0 Å². The van der Waals surface area contributed by atoms with E-state index in [0.29, 0.717) is 0 Å². The van der Waals surface area contributed by atoms with Crippen molar-refractivity contribution in [3.05, 3.63) is 18.5 Å². The summed E-state index contributed by atoms with van der Waals surface area (Å²) in [5.41, 5.74) is 0. The zero-order chi connectivity index (χ0) is 12.8. The lowest BCUT2D eigenvalue weighted by Gasteiger charge is -2.23. The molecule has 3 atom stereocenters. The fourth-order valence-electron chi connectivity index (χ4n) is 3.80. The monoisotopic (exact) mass is 248 g/mol. The summed E-state index contributed by atoms with van der Waals surface area (Å²) in [4.78, 5) is 0. The van der Waals surface area contributed by atoms with Crippen LogP contribution in [0.15, 0.2) is 18.5 Å². The zero-order valence-corrected chi connectivity index (χ0v) is 12.0. The summed E-state index contributed by atoms with van der Waals surface area (Å²) >= 11 is 0. The van der Waals surface area contributed by atoms with Crippen LogP contribution < -0.4 is 0 Å². The summed E-state index contributed by atoms with van der Waals surface area (Å²) < 4.78 is 2.13. The molecule has 1 aromatic rings. The van der Waals surface area contributed by atoms with Crippen molar-refractivity contribution in [2.24, 2.45) is 17.8 Å². The molecule has 2 nitrogen and oxygen atoms in total. The van der Waals surface area contributed by atoms with Gasteiger partial charge in [0, 0.05) is 18.9 Å². The van der Waals surface area contributed by atoms with Crippen molar-refractivity contribution in [2.45, 2.75) is 65.3 Å². The van der Waals surface area contributed by atoms with Crippen LogP contribution in [0.3, 0.4) is 0 Å². The van der Waals surface area contributed by atoms with Crippen LogP contribution in [0.2, 0.25) is 0 Å². The molecule has 1 aliphatic rings. The molecule has 0 aromatic carbocycles. The molecule has 0 aliphatic heterocycles. The minimum Gasteiger partial charge on any atom is -0.272 e. The lowest BCUT2D eigenvalue weighted by Crippen LogP contribution is -2.19. The van der Waals surface area contributed by atoms with Crippen molar-refractivity contribution in [3.8, 4) is 0 Å². The highest BCUT2D eigenvalue weighted by Gasteiger charge is 2.34. The number of hydrogen-bond donors (Lipinski definition) is 0. The van der Waals surface area contributed by atoms with Gasteiger partial charge in [0.25, 0.3) is 0 Å². The maximum atomic E-state index is 4.37. The molecule has 1 fully saturated rings. The molecule has 0 saturated heterocycles. The first-order valence-corrected chi connectivity index (χ1v) is 7.82. The van der Waals surface area contributed by atoms with Crippen molar-refractivity contribution in [2.75, 3.05) is 0 Å². The Morgan fingerprint density at radius 2 is 2.00 bits per heavy atom. The molecule has 1 aromatic heterocycles. The Hall–Kier alpha value is -0.790. The summed E-state index contributed by atoms with van der Waals surface area (Å²) in [5, 5.41) is 4.37. The van der Waals surface area contributed by atoms with Crippen molar-refractivity contribution in [1.29, 1.82) is 0 Å². The van der Waals surface area contributed by atoms with Gasteiger partial charge in [0.15, 0.2) is 0 Å². The van der Waals surface area contributed by atoms with Gasteiger partial charge in [-0.3, -0.25) is 4.68 Å². The van der Waals surface area contributed by atoms with E-state index in [0.717, 1.165) is 24.3 Å². The van der Waals surface area contributed by atoms with Crippen LogP contribution in [0, 0.1) is 17.8 Å². The SMILES string of the molecule is CCCCCC1CCC(Cn2cccn2)C1CC. The molecule has 0 bridgehead atoms. The predicted molar refractivity (Wildman–Crippen MR) is 76.4 cm³/mol. The van der Waals surface area contributed by atoms with Crippen LogP contribution in [0.25, 0.3) is 0 Å². The summed E-state index contributed by atoms with van der Waals surface area (Å²) in [6, 6.07) is 2.04. The molecule has 0 radical (unpaired) electrons. The highest BCUT2D eigenvalue weighted by Crippen LogP contribution is 2.42. The minimum absolute atomic E-state index is 0.863. The van der Waals surface area contributed by atoms with E-state index >= 15 is 0 Å². The first kappa shape index (κ1) is 13.6. The largest absolute Gasteiger partial charge is 0.272 e. The Kier molecular flexibility index (Phi) is 5.27. The molecule has 0 amide bonds. The quantitative estimate of drug-likeness (QED) is 0.649. The maximum Gasteiger partial charge on any atom is 0.0489 e. The van der Waals surface area contributed by atoms with Gasteiger partial charge < -0.3 is 0 Å². The molecule has 18 heavy (non-hydrogen) atoms. The maximum absolute atomic E-state index is 4.37. The van der Waals surface area contributed by atoms with Crippen molar-refractivity contribution in [1.82, 2.24) is 9.78 Å². The van der Waals surface area contributed by atoms with Gasteiger partial charge in [-0.25, -0.2) is 0 Å². The Labute approximate surface area is 112 Å². The van der Waals surface area contributed by atoms with Gasteiger partial charge >= 0.3 is 0 Å². The summed E-state index contributed by atoms with van der Waals surface area (Å²) in [7, 11) is 0. The fraction of sp³-hybridized carbons (Fsp3) is 0.812. The molecule has 0 N–H and O–H groups in total. The molecule has 3 unspecified atom stereocenters. The molecule has 102 valence electrons. The highest BCUT2D eigenvalue weighted by atomic mass is 15.3. The summed E-state index contributed by atoms with van der Waals surface area (Å²) in [6.07, 6.45) is 13.9. The molecule has 1 heterocycles. The zero-order valence-electron chi connectivity index (χ0n) is 12.0. The van der Waals surface area contributed by atoms with E-state index in [-0.39, 0.29) is 0 Å². The third-order valence-corrected chi connectivity index (χ3v) is 4.75. The van der Waals surface area contributed by atoms with Crippen LogP contribution in [-0.2, 0) is 6.54 Å². The molecule has 2 heteroatoms. The van der Waals surface area contributed by atoms with Crippen molar-refractivity contribution < 1.29 is 0 Å². The highest BCUT2D eigenvalue weighted by molar-refractivity contribution is 4.86. The second-order valence-electron chi connectivity index (χ2n) is 5.89. The van der Waals surface area contributed by atoms with Crippen LogP contribution in [0.4, 0.5) is 0 Å². The first-order chi connectivity index (χ1) is 8.85. The first-order valence-electron chi connectivity index (χ1n) is 7.82. The predicted octanol–water partition coefficient (Wildman–Crippen LogP) is 4.52. The van der Waals surface area contributed by atoms with E-state index < -0.39 is 0 Å². The van der Waals surface area contributed by atoms with Gasteiger partial charge in [-0.2, -0.15) is 5.10 Å². The molecule has 1 aliphatic carbocycles. The second-order valence-corrected chi connectivity index (χ2v) is 5.89. The Morgan fingerprint density at radius 3 is 2.67 bits per heavy atom. The number of unbranched alkanes of at least 4 members (excludes halogenated alkanes) is 2. The normalized spacial score (nSPS) is 27.8. The van der Waals surface area contributed by atoms with E-state index in [1.54, 1.807) is 0 Å². The van der Waals surface area contributed by atoms with Crippen LogP contribution >= 0.6 is 0 Å². The average Bonchev–Trinajstić information content (AvgIpc) is 3.00. The smallest absolute Gasteiger partial charge is 0.0489 e. The molecule has 2 rings (SSSR count). The molecular weight excluding hydrogens is 220 g/mol. The van der Waals surface area contributed by atoms with Gasteiger partial charge in [-0.1, -0.05) is 46.0 Å². The van der Waals surface area contributed by atoms with Crippen LogP contribution in [0.5, 0.6) is 0 Å². The molecular formula is C16H28N2. The lowest BCUT2D eigenvalue weighted by atomic mass is 9.84. The lowest BCUT2D eigenvalue weighted by molar-refractivity contribution is 0.255. The fourth-order valence-corrected chi connectivity index (χ4v) is 3.80. The van der Waals surface area contributed by atoms with E-state index in [1.165, 1.54) is 44.9 Å². The molecule has 0 spiro atoms. The third-order valence-electron chi connectivity index (χ3n) is 4.75. The van der Waals surface area contributed by atoms with Crippen molar-refractivity contribution in [3.63, 3.8) is 0 Å². The number of aromatic nitrogens is 2. The topological polar surface area (TPSA) is 17.8 Å². The Balaban J connectivity index is 1.85. The molecule has 1 saturated carbocycles. The summed E-state index contributed by atoms with van der Waals surface area (Å²) in [5.74, 6) is 2.79. The van der Waals surface area contributed by atoms with Gasteiger partial charge in [-0.05, 0) is 36.7 Å². The van der Waals surface area contributed by atoms with Gasteiger partial charge in [0.05, 0.1) is 0 Å². The van der Waals surface area contributed by atoms with E-state index in [2.05, 4.69) is 29.8 Å². The second kappa shape index (κ2) is 6.96. The Bertz CT molecular complexity index is 318. The van der Waals surface area contributed by atoms with Crippen LogP contribution in [-0.4, -0.2) is 9.78 Å². The van der Waals surface area contributed by atoms with Gasteiger partial charge in [0.2, 0.25) is 0 Å². The number of hydrogen-bond acceptors (Lipinski definition) is 1. The standard InChI is InChI=1S/C16H28N2/c1-3-5-6-8-14-9-10-15(16(14)4-2)13-18-12-7-11-17-18/h7,11-12,14-16H,3-6,8-10,13H2,1-2H3. The van der Waals surface area contributed by atoms with Crippen LogP contribution in [0.1, 0.15) is 58.8 Å². The number of nitrogens with zero attached hydrogens (tertiary/aromatic N) is 2. The van der Waals surface area contributed by atoms with E-state index in [1.807, 2.05) is 12.3 Å². The van der Waals surface area contributed by atoms with E-state index in [4.69, 9.17) is 0 Å². The van der Waals surface area contributed by atoms with Crippen molar-refractivity contribution >= 4 is 0 Å².